The molecule has 0 atom stereocenters. The molecule has 4 nitrogen and oxygen atoms in total. The van der Waals surface area contributed by atoms with Crippen LogP contribution in [0.4, 0.5) is 11.4 Å². The van der Waals surface area contributed by atoms with Crippen LogP contribution in [-0.2, 0) is 11.3 Å². The maximum absolute atomic E-state index is 11.6. The van der Waals surface area contributed by atoms with Crippen LogP contribution in [0.1, 0.15) is 15.9 Å². The van der Waals surface area contributed by atoms with Crippen LogP contribution in [0.25, 0.3) is 0 Å². The van der Waals surface area contributed by atoms with Crippen molar-refractivity contribution in [1.29, 1.82) is 0 Å². The summed E-state index contributed by atoms with van der Waals surface area (Å²) in [6.07, 6.45) is 0. The Morgan fingerprint density at radius 1 is 1.30 bits per heavy atom. The predicted octanol–water partition coefficient (Wildman–Crippen LogP) is 3.32. The van der Waals surface area contributed by atoms with Crippen molar-refractivity contribution < 1.29 is 9.53 Å². The number of carbonyl (C=O) groups is 1. The van der Waals surface area contributed by atoms with Crippen molar-refractivity contribution in [2.24, 2.45) is 0 Å². The zero-order valence-electron chi connectivity index (χ0n) is 11.0. The lowest BCUT2D eigenvalue weighted by Gasteiger charge is -2.10. The number of nitrogen functional groups attached to an aromatic ring is 1. The summed E-state index contributed by atoms with van der Waals surface area (Å²) in [5.74, 6) is -0.450. The number of halogens is 1. The quantitative estimate of drug-likeness (QED) is 0.670. The van der Waals surface area contributed by atoms with Crippen molar-refractivity contribution in [2.75, 3.05) is 18.2 Å². The fourth-order valence-electron chi connectivity index (χ4n) is 1.80. The van der Waals surface area contributed by atoms with Crippen LogP contribution < -0.4 is 11.1 Å². The lowest BCUT2D eigenvalue weighted by molar-refractivity contribution is 0.0602. The summed E-state index contributed by atoms with van der Waals surface area (Å²) in [5, 5.41) is 3.90. The van der Waals surface area contributed by atoms with Crippen LogP contribution in [0, 0.1) is 0 Å². The van der Waals surface area contributed by atoms with E-state index in [9.17, 15) is 4.79 Å². The van der Waals surface area contributed by atoms with Gasteiger partial charge >= 0.3 is 5.97 Å². The fraction of sp³-hybridized carbons (Fsp3) is 0.133. The van der Waals surface area contributed by atoms with Gasteiger partial charge in [0, 0.05) is 22.9 Å². The van der Waals surface area contributed by atoms with Gasteiger partial charge in [-0.15, -0.1) is 0 Å². The molecule has 0 radical (unpaired) electrons. The van der Waals surface area contributed by atoms with Crippen molar-refractivity contribution in [2.45, 2.75) is 6.54 Å². The van der Waals surface area contributed by atoms with Gasteiger partial charge in [-0.25, -0.2) is 4.79 Å². The number of nitrogens with one attached hydrogen (secondary N) is 1. The van der Waals surface area contributed by atoms with E-state index in [1.165, 1.54) is 7.11 Å². The van der Waals surface area contributed by atoms with Crippen LogP contribution in [0.5, 0.6) is 0 Å². The monoisotopic (exact) mass is 290 g/mol. The molecule has 0 unspecified atom stereocenters. The second kappa shape index (κ2) is 6.30. The van der Waals surface area contributed by atoms with E-state index in [1.807, 2.05) is 30.3 Å². The smallest absolute Gasteiger partial charge is 0.340 e. The predicted molar refractivity (Wildman–Crippen MR) is 81.0 cm³/mol. The molecule has 0 aliphatic rings. The first-order chi connectivity index (χ1) is 9.60. The third kappa shape index (κ3) is 3.42. The zero-order chi connectivity index (χ0) is 14.5. The molecular weight excluding hydrogens is 276 g/mol. The average molecular weight is 291 g/mol. The summed E-state index contributed by atoms with van der Waals surface area (Å²) in [4.78, 5) is 11.6. The highest BCUT2D eigenvalue weighted by Crippen LogP contribution is 2.20. The molecule has 20 heavy (non-hydrogen) atoms. The number of hydrogen-bond acceptors (Lipinski definition) is 4. The summed E-state index contributed by atoms with van der Waals surface area (Å²) in [6.45, 7) is 0.602. The van der Waals surface area contributed by atoms with Gasteiger partial charge in [-0.1, -0.05) is 23.7 Å². The minimum absolute atomic E-state index is 0.351. The van der Waals surface area contributed by atoms with Crippen LogP contribution in [0.2, 0.25) is 5.02 Å². The van der Waals surface area contributed by atoms with Crippen LogP contribution in [0.3, 0.4) is 0 Å². The lowest BCUT2D eigenvalue weighted by Crippen LogP contribution is -2.07. The molecule has 2 rings (SSSR count). The summed E-state index contributed by atoms with van der Waals surface area (Å²) < 4.78 is 4.69. The maximum atomic E-state index is 11.6. The van der Waals surface area contributed by atoms with E-state index in [1.54, 1.807) is 12.1 Å². The molecule has 0 saturated heterocycles. The number of benzene rings is 2. The first-order valence-corrected chi connectivity index (χ1v) is 6.44. The number of methoxy groups -OCH3 is 1. The summed E-state index contributed by atoms with van der Waals surface area (Å²) in [5.41, 5.74) is 8.33. The number of nitrogens with two attached hydrogens (primary N) is 1. The van der Waals surface area contributed by atoms with Gasteiger partial charge in [0.15, 0.2) is 0 Å². The molecule has 5 heteroatoms. The summed E-state index contributed by atoms with van der Waals surface area (Å²) in [7, 11) is 1.33. The van der Waals surface area contributed by atoms with Crippen molar-refractivity contribution in [3.63, 3.8) is 0 Å². The highest BCUT2D eigenvalue weighted by Gasteiger charge is 2.10. The van der Waals surface area contributed by atoms with E-state index in [0.717, 1.165) is 11.3 Å². The van der Waals surface area contributed by atoms with Gasteiger partial charge < -0.3 is 15.8 Å². The minimum atomic E-state index is -0.450. The molecule has 0 aliphatic carbocycles. The van der Waals surface area contributed by atoms with Gasteiger partial charge in [-0.2, -0.15) is 0 Å². The maximum Gasteiger partial charge on any atom is 0.340 e. The van der Waals surface area contributed by atoms with E-state index in [2.05, 4.69) is 10.1 Å². The molecule has 0 bridgehead atoms. The lowest BCUT2D eigenvalue weighted by atomic mass is 10.1. The Morgan fingerprint density at radius 3 is 2.80 bits per heavy atom. The molecule has 0 spiro atoms. The summed E-state index contributed by atoms with van der Waals surface area (Å²) in [6, 6.07) is 12.7. The minimum Gasteiger partial charge on any atom is -0.465 e. The Balaban J connectivity index is 2.12. The van der Waals surface area contributed by atoms with Crippen molar-refractivity contribution in [1.82, 2.24) is 0 Å². The molecule has 3 N–H and O–H groups in total. The van der Waals surface area contributed by atoms with Gasteiger partial charge in [-0.05, 0) is 35.9 Å². The second-order valence-electron chi connectivity index (χ2n) is 4.28. The van der Waals surface area contributed by atoms with Gasteiger partial charge in [0.1, 0.15) is 0 Å². The fourth-order valence-corrected chi connectivity index (χ4v) is 2.02. The van der Waals surface area contributed by atoms with Gasteiger partial charge in [0.2, 0.25) is 0 Å². The zero-order valence-corrected chi connectivity index (χ0v) is 11.8. The van der Waals surface area contributed by atoms with Gasteiger partial charge in [0.05, 0.1) is 12.7 Å². The highest BCUT2D eigenvalue weighted by atomic mass is 35.5. The Kier molecular flexibility index (Phi) is 4.48. The van der Waals surface area contributed by atoms with E-state index >= 15 is 0 Å². The van der Waals surface area contributed by atoms with Crippen molar-refractivity contribution >= 4 is 28.9 Å². The number of ether oxygens (including phenoxy) is 1. The Labute approximate surface area is 122 Å². The van der Waals surface area contributed by atoms with E-state index in [0.29, 0.717) is 22.8 Å². The van der Waals surface area contributed by atoms with Crippen LogP contribution >= 0.6 is 11.6 Å². The third-order valence-electron chi connectivity index (χ3n) is 2.84. The van der Waals surface area contributed by atoms with Gasteiger partial charge in [-0.3, -0.25) is 0 Å². The molecular formula is C15H15ClN2O2. The molecule has 104 valence electrons. The Hall–Kier alpha value is -2.20. The van der Waals surface area contributed by atoms with E-state index in [4.69, 9.17) is 17.3 Å². The standard InChI is InChI=1S/C15H15ClN2O2/c1-20-15(19)13-8-12(5-6-14(13)17)18-9-10-3-2-4-11(16)7-10/h2-8,18H,9,17H2,1H3. The van der Waals surface area contributed by atoms with Crippen LogP contribution in [0.15, 0.2) is 42.5 Å². The second-order valence-corrected chi connectivity index (χ2v) is 4.71. The Morgan fingerprint density at radius 2 is 2.10 bits per heavy atom. The molecule has 0 aliphatic heterocycles. The number of anilines is 2. The number of esters is 1. The largest absolute Gasteiger partial charge is 0.465 e. The normalized spacial score (nSPS) is 10.1. The van der Waals surface area contributed by atoms with Gasteiger partial charge in [0.25, 0.3) is 0 Å². The SMILES string of the molecule is COC(=O)c1cc(NCc2cccc(Cl)c2)ccc1N. The average Bonchev–Trinajstić information content (AvgIpc) is 2.45. The van der Waals surface area contributed by atoms with Crippen molar-refractivity contribution in [3.05, 3.63) is 58.6 Å². The van der Waals surface area contributed by atoms with E-state index in [-0.39, 0.29) is 0 Å². The number of hydrogen-bond donors (Lipinski definition) is 2. The van der Waals surface area contributed by atoms with Crippen LogP contribution in [-0.4, -0.2) is 13.1 Å². The first-order valence-electron chi connectivity index (χ1n) is 6.06. The molecule has 0 fully saturated rings. The molecule has 0 aromatic heterocycles. The highest BCUT2D eigenvalue weighted by molar-refractivity contribution is 6.30. The first kappa shape index (κ1) is 14.2. The molecule has 0 saturated carbocycles. The molecule has 2 aromatic carbocycles. The molecule has 0 heterocycles. The third-order valence-corrected chi connectivity index (χ3v) is 3.08. The topological polar surface area (TPSA) is 64.3 Å². The number of carbonyl (C=O) groups excluding carboxylic acids is 1. The van der Waals surface area contributed by atoms with Crippen molar-refractivity contribution in [3.8, 4) is 0 Å². The summed E-state index contributed by atoms with van der Waals surface area (Å²) >= 11 is 5.93. The van der Waals surface area contributed by atoms with E-state index < -0.39 is 5.97 Å². The molecule has 2 aromatic rings. The Bertz CT molecular complexity index is 629. The molecule has 0 amide bonds. The number of rotatable bonds is 4.